The van der Waals surface area contributed by atoms with Crippen LogP contribution in [0.25, 0.3) is 0 Å². The van der Waals surface area contributed by atoms with Crippen LogP contribution in [0, 0.1) is 18.6 Å². The lowest BCUT2D eigenvalue weighted by Crippen LogP contribution is -2.49. The van der Waals surface area contributed by atoms with Crippen molar-refractivity contribution in [3.8, 4) is 0 Å². The molecule has 1 aliphatic heterocycles. The minimum atomic E-state index is -4.74. The van der Waals surface area contributed by atoms with Gasteiger partial charge in [0.2, 0.25) is 0 Å². The highest BCUT2D eigenvalue weighted by Gasteiger charge is 2.37. The van der Waals surface area contributed by atoms with Crippen LogP contribution in [0.3, 0.4) is 0 Å². The predicted octanol–water partition coefficient (Wildman–Crippen LogP) is 4.77. The minimum absolute atomic E-state index is 0.0115. The summed E-state index contributed by atoms with van der Waals surface area (Å²) in [6.45, 7) is 1.28. The zero-order valence-electron chi connectivity index (χ0n) is 20.3. The first-order valence-electron chi connectivity index (χ1n) is 11.6. The first kappa shape index (κ1) is 28.2. The smallest absolute Gasteiger partial charge is 0.416 e. The molecule has 0 unspecified atom stereocenters. The number of urea groups is 1. The summed E-state index contributed by atoms with van der Waals surface area (Å²) >= 11 is 0. The van der Waals surface area contributed by atoms with Crippen molar-refractivity contribution in [3.05, 3.63) is 70.3 Å². The number of benzene rings is 2. The van der Waals surface area contributed by atoms with E-state index in [-0.39, 0.29) is 44.6 Å². The topological polar surface area (TPSA) is 82.1 Å². The van der Waals surface area contributed by atoms with Crippen LogP contribution in [0.2, 0.25) is 0 Å². The fourth-order valence-corrected chi connectivity index (χ4v) is 4.39. The number of aliphatic hydroxyl groups is 1. The summed E-state index contributed by atoms with van der Waals surface area (Å²) in [4.78, 5) is 28.1. The zero-order valence-corrected chi connectivity index (χ0v) is 20.3. The third-order valence-corrected chi connectivity index (χ3v) is 6.08. The van der Waals surface area contributed by atoms with Crippen molar-refractivity contribution >= 4 is 12.1 Å². The third-order valence-electron chi connectivity index (χ3n) is 6.08. The summed E-state index contributed by atoms with van der Waals surface area (Å²) in [5, 5.41) is 11.3. The molecule has 0 saturated carbocycles. The van der Waals surface area contributed by atoms with Crippen LogP contribution in [0.5, 0.6) is 0 Å². The highest BCUT2D eigenvalue weighted by molar-refractivity contribution is 5.75. The fraction of sp³-hybridized carbons (Fsp3) is 0.440. The Labute approximate surface area is 210 Å². The Hall–Kier alpha value is -3.41. The second-order valence-corrected chi connectivity index (χ2v) is 8.90. The summed E-state index contributed by atoms with van der Waals surface area (Å²) in [7, 11) is 1.39. The van der Waals surface area contributed by atoms with Gasteiger partial charge in [0.25, 0.3) is 0 Å². The lowest BCUT2D eigenvalue weighted by atomic mass is 9.90. The molecule has 0 aliphatic carbocycles. The van der Waals surface area contributed by atoms with Crippen molar-refractivity contribution in [2.75, 3.05) is 26.7 Å². The van der Waals surface area contributed by atoms with Gasteiger partial charge in [-0.15, -0.1) is 0 Å². The summed E-state index contributed by atoms with van der Waals surface area (Å²) in [5.41, 5.74) is 0.00479. The lowest BCUT2D eigenvalue weighted by molar-refractivity contribution is -0.137. The minimum Gasteiger partial charge on any atom is -0.446 e. The maximum absolute atomic E-state index is 13.8. The number of likely N-dealkylation sites (tertiary alicyclic amines) is 1. The monoisotopic (exact) mass is 529 g/mol. The Kier molecular flexibility index (Phi) is 8.95. The number of nitrogens with one attached hydrogen (secondary N) is 1. The number of amides is 3. The number of hydrogen-bond donors (Lipinski definition) is 2. The van der Waals surface area contributed by atoms with Crippen molar-refractivity contribution in [1.29, 1.82) is 0 Å². The first-order chi connectivity index (χ1) is 17.4. The number of hydrogen-bond acceptors (Lipinski definition) is 4. The molecule has 0 radical (unpaired) electrons. The summed E-state index contributed by atoms with van der Waals surface area (Å²) in [5.74, 6) is -1.53. The molecule has 0 aromatic heterocycles. The van der Waals surface area contributed by atoms with E-state index < -0.39 is 47.6 Å². The molecule has 1 aliphatic rings. The Bertz CT molecular complexity index is 1130. The first-order valence-corrected chi connectivity index (χ1v) is 11.6. The molecule has 2 atom stereocenters. The van der Waals surface area contributed by atoms with Gasteiger partial charge in [0.05, 0.1) is 18.2 Å². The molecular weight excluding hydrogens is 501 g/mol. The van der Waals surface area contributed by atoms with E-state index in [1.807, 2.05) is 0 Å². The molecular formula is C25H28F5N3O4. The Morgan fingerprint density at radius 3 is 2.54 bits per heavy atom. The molecule has 1 saturated heterocycles. The van der Waals surface area contributed by atoms with Gasteiger partial charge in [-0.2, -0.15) is 13.2 Å². The van der Waals surface area contributed by atoms with Gasteiger partial charge >= 0.3 is 18.3 Å². The number of ether oxygens (including phenoxy) is 1. The number of carbonyl (C=O) groups excluding carboxylic acids is 2. The van der Waals surface area contributed by atoms with Crippen LogP contribution in [0.1, 0.15) is 41.1 Å². The van der Waals surface area contributed by atoms with E-state index in [9.17, 15) is 31.5 Å². The number of aryl methyl sites for hydroxylation is 1. The molecule has 2 aromatic rings. The van der Waals surface area contributed by atoms with Gasteiger partial charge in [0, 0.05) is 39.5 Å². The van der Waals surface area contributed by atoms with E-state index in [1.54, 1.807) is 6.92 Å². The number of rotatable bonds is 6. The van der Waals surface area contributed by atoms with E-state index in [2.05, 4.69) is 5.32 Å². The number of aliphatic hydroxyl groups excluding tert-OH is 1. The maximum atomic E-state index is 13.8. The van der Waals surface area contributed by atoms with E-state index in [0.29, 0.717) is 17.2 Å². The highest BCUT2D eigenvalue weighted by atomic mass is 19.4. The highest BCUT2D eigenvalue weighted by Crippen LogP contribution is 2.36. The number of halogens is 5. The SMILES string of the molecule is Cc1cc(F)ccc1[C@H]1C[C@@H](OC(=O)NCCO)CCN1C(=O)N(C)Cc1cc(F)cc(C(F)(F)F)c1. The normalized spacial score (nSPS) is 17.9. The molecule has 3 amide bonds. The molecule has 0 bridgehead atoms. The van der Waals surface area contributed by atoms with Crippen molar-refractivity contribution in [2.24, 2.45) is 0 Å². The zero-order chi connectivity index (χ0) is 27.3. The van der Waals surface area contributed by atoms with E-state index in [1.165, 1.54) is 35.0 Å². The second-order valence-electron chi connectivity index (χ2n) is 8.90. The maximum Gasteiger partial charge on any atom is 0.416 e. The van der Waals surface area contributed by atoms with Crippen LogP contribution in [0.15, 0.2) is 36.4 Å². The average Bonchev–Trinajstić information content (AvgIpc) is 2.81. The van der Waals surface area contributed by atoms with Gasteiger partial charge in [-0.25, -0.2) is 18.4 Å². The average molecular weight is 530 g/mol. The Morgan fingerprint density at radius 1 is 1.16 bits per heavy atom. The summed E-state index contributed by atoms with van der Waals surface area (Å²) in [6, 6.07) is 5.05. The molecule has 202 valence electrons. The van der Waals surface area contributed by atoms with Crippen LogP contribution in [-0.4, -0.2) is 59.9 Å². The van der Waals surface area contributed by atoms with Crippen molar-refractivity contribution in [2.45, 2.75) is 44.6 Å². The molecule has 1 fully saturated rings. The number of piperidine rings is 1. The van der Waals surface area contributed by atoms with Gasteiger partial charge < -0.3 is 25.0 Å². The third kappa shape index (κ3) is 7.31. The van der Waals surface area contributed by atoms with Gasteiger partial charge in [-0.3, -0.25) is 0 Å². The van der Waals surface area contributed by atoms with Crippen LogP contribution in [-0.2, 0) is 17.5 Å². The summed E-state index contributed by atoms with van der Waals surface area (Å²) < 4.78 is 72.3. The van der Waals surface area contributed by atoms with Gasteiger partial charge in [-0.1, -0.05) is 6.07 Å². The second kappa shape index (κ2) is 11.8. The van der Waals surface area contributed by atoms with E-state index >= 15 is 0 Å². The summed E-state index contributed by atoms with van der Waals surface area (Å²) in [6.07, 6.45) is -5.58. The largest absolute Gasteiger partial charge is 0.446 e. The molecule has 12 heteroatoms. The Balaban J connectivity index is 1.82. The van der Waals surface area contributed by atoms with Crippen molar-refractivity contribution < 1.29 is 41.4 Å². The number of carbonyl (C=O) groups is 2. The molecule has 2 N–H and O–H groups in total. The van der Waals surface area contributed by atoms with Gasteiger partial charge in [-0.05, 0) is 53.9 Å². The Morgan fingerprint density at radius 2 is 1.89 bits per heavy atom. The van der Waals surface area contributed by atoms with Crippen LogP contribution in [0.4, 0.5) is 31.5 Å². The molecule has 0 spiro atoms. The van der Waals surface area contributed by atoms with Gasteiger partial charge in [0.15, 0.2) is 0 Å². The molecule has 2 aromatic carbocycles. The molecule has 37 heavy (non-hydrogen) atoms. The lowest BCUT2D eigenvalue weighted by Gasteiger charge is -2.41. The molecule has 1 heterocycles. The molecule has 3 rings (SSSR count). The van der Waals surface area contributed by atoms with E-state index in [4.69, 9.17) is 9.84 Å². The quantitative estimate of drug-likeness (QED) is 0.529. The van der Waals surface area contributed by atoms with Crippen LogP contribution < -0.4 is 5.32 Å². The van der Waals surface area contributed by atoms with Gasteiger partial charge in [0.1, 0.15) is 17.7 Å². The van der Waals surface area contributed by atoms with Crippen molar-refractivity contribution in [3.63, 3.8) is 0 Å². The molecule has 7 nitrogen and oxygen atoms in total. The fourth-order valence-electron chi connectivity index (χ4n) is 4.39. The number of alkyl halides is 3. The number of alkyl carbamates (subject to hydrolysis) is 1. The van der Waals surface area contributed by atoms with E-state index in [0.717, 1.165) is 12.1 Å². The predicted molar refractivity (Wildman–Crippen MR) is 123 cm³/mol. The standard InChI is InChI=1S/C25H28F5N3O4/c1-15-9-18(26)3-4-21(15)22-13-20(37-23(35)31-6-8-34)5-7-33(22)24(36)32(2)14-16-10-17(25(28,29)30)12-19(27)11-16/h3-4,9-12,20,22,34H,5-8,13-14H2,1-2H3,(H,31,35)/t20-,22+/m0/s1. The van der Waals surface area contributed by atoms with Crippen molar-refractivity contribution in [1.82, 2.24) is 15.1 Å². The number of nitrogens with zero attached hydrogens (tertiary/aromatic N) is 2. The van der Waals surface area contributed by atoms with Crippen LogP contribution >= 0.6 is 0 Å².